The molecule has 0 aromatic rings. The molecule has 0 spiro atoms. The number of nitrogens with zero attached hydrogens (tertiary/aromatic N) is 1. The summed E-state index contributed by atoms with van der Waals surface area (Å²) in [5, 5.41) is 11.2. The van der Waals surface area contributed by atoms with Crippen LogP contribution in [0.15, 0.2) is 12.3 Å². The zero-order valence-corrected chi connectivity index (χ0v) is 9.38. The largest absolute Gasteiger partial charge is 0.394 e. The van der Waals surface area contributed by atoms with E-state index in [2.05, 4.69) is 5.32 Å². The van der Waals surface area contributed by atoms with E-state index in [4.69, 9.17) is 9.84 Å². The van der Waals surface area contributed by atoms with Crippen LogP contribution in [-0.4, -0.2) is 54.5 Å². The average Bonchev–Trinajstić information content (AvgIpc) is 2.70. The molecule has 1 saturated heterocycles. The number of alkyl halides is 1. The van der Waals surface area contributed by atoms with Crippen molar-refractivity contribution in [1.29, 1.82) is 0 Å². The van der Waals surface area contributed by atoms with E-state index < -0.39 is 31.1 Å². The highest BCUT2D eigenvalue weighted by Crippen LogP contribution is 2.25. The van der Waals surface area contributed by atoms with Gasteiger partial charge in [0.1, 0.15) is 24.8 Å². The van der Waals surface area contributed by atoms with Gasteiger partial charge in [-0.25, -0.2) is 9.18 Å². The van der Waals surface area contributed by atoms with Crippen molar-refractivity contribution in [3.05, 3.63) is 12.3 Å². The van der Waals surface area contributed by atoms with Gasteiger partial charge in [0.15, 0.2) is 0 Å². The third-order valence-electron chi connectivity index (χ3n) is 2.43. The minimum Gasteiger partial charge on any atom is -0.394 e. The number of carbonyl (C=O) groups is 2. The molecule has 2 amide bonds. The van der Waals surface area contributed by atoms with Crippen LogP contribution in [0.3, 0.4) is 0 Å². The number of allylic oxidation sites excluding steroid dienone is 1. The van der Waals surface area contributed by atoms with Gasteiger partial charge in [0.05, 0.1) is 6.61 Å². The van der Waals surface area contributed by atoms with E-state index in [0.717, 1.165) is 11.0 Å². The van der Waals surface area contributed by atoms with E-state index in [1.807, 2.05) is 0 Å². The Morgan fingerprint density at radius 3 is 2.88 bits per heavy atom. The molecule has 1 fully saturated rings. The minimum absolute atomic E-state index is 0.0398. The fourth-order valence-corrected chi connectivity index (χ4v) is 1.57. The Kier molecular flexibility index (Phi) is 5.05. The molecule has 0 bridgehead atoms. The van der Waals surface area contributed by atoms with Crippen LogP contribution in [0.1, 0.15) is 6.42 Å². The molecule has 2 N–H and O–H groups in total. The highest BCUT2D eigenvalue weighted by molar-refractivity contribution is 5.76. The van der Waals surface area contributed by atoms with Crippen LogP contribution in [0.2, 0.25) is 0 Å². The van der Waals surface area contributed by atoms with Crippen LogP contribution in [0.5, 0.6) is 0 Å². The van der Waals surface area contributed by atoms with Crippen LogP contribution in [0.4, 0.5) is 9.18 Å². The van der Waals surface area contributed by atoms with Gasteiger partial charge in [-0.1, -0.05) is 0 Å². The number of hydrogen-bond acceptors (Lipinski definition) is 4. The zero-order valence-electron chi connectivity index (χ0n) is 9.38. The predicted molar refractivity (Wildman–Crippen MR) is 56.8 cm³/mol. The monoisotopic (exact) mass is 246 g/mol. The van der Waals surface area contributed by atoms with Crippen LogP contribution in [-0.2, 0) is 9.53 Å². The number of amides is 2. The summed E-state index contributed by atoms with van der Waals surface area (Å²) in [5.41, 5.74) is 0. The van der Waals surface area contributed by atoms with Crippen LogP contribution in [0, 0.1) is 0 Å². The summed E-state index contributed by atoms with van der Waals surface area (Å²) < 4.78 is 18.5. The normalized spacial score (nSPS) is 28.3. The number of halogens is 1. The number of ether oxygens (including phenoxy) is 1. The predicted octanol–water partition coefficient (Wildman–Crippen LogP) is -0.214. The smallest absolute Gasteiger partial charge is 0.323 e. The lowest BCUT2D eigenvalue weighted by molar-refractivity contribution is -0.104. The van der Waals surface area contributed by atoms with E-state index in [0.29, 0.717) is 6.29 Å². The van der Waals surface area contributed by atoms with Gasteiger partial charge in [0, 0.05) is 19.7 Å². The van der Waals surface area contributed by atoms with E-state index >= 15 is 0 Å². The third-order valence-corrected chi connectivity index (χ3v) is 2.43. The molecule has 0 saturated carbocycles. The fourth-order valence-electron chi connectivity index (χ4n) is 1.57. The number of urea groups is 1. The maximum atomic E-state index is 13.4. The van der Waals surface area contributed by atoms with Crippen LogP contribution in [0.25, 0.3) is 0 Å². The molecule has 3 unspecified atom stereocenters. The lowest BCUT2D eigenvalue weighted by Crippen LogP contribution is -2.41. The Labute approximate surface area is 98.0 Å². The van der Waals surface area contributed by atoms with E-state index in [9.17, 15) is 14.0 Å². The first-order valence-electron chi connectivity index (χ1n) is 5.16. The number of nitrogens with one attached hydrogen (secondary N) is 1. The molecule has 0 radical (unpaired) electrons. The van der Waals surface area contributed by atoms with Crippen molar-refractivity contribution in [2.75, 3.05) is 13.7 Å². The van der Waals surface area contributed by atoms with Crippen molar-refractivity contribution >= 4 is 12.3 Å². The van der Waals surface area contributed by atoms with E-state index in [1.165, 1.54) is 13.2 Å². The Bertz CT molecular complexity index is 311. The summed E-state index contributed by atoms with van der Waals surface area (Å²) in [7, 11) is 1.41. The molecule has 0 aromatic carbocycles. The molecule has 96 valence electrons. The number of hydrogen-bond donors (Lipinski definition) is 2. The first-order valence-corrected chi connectivity index (χ1v) is 5.16. The molecule has 17 heavy (non-hydrogen) atoms. The van der Waals surface area contributed by atoms with Gasteiger partial charge in [-0.05, 0) is 6.08 Å². The number of aldehydes is 1. The Morgan fingerprint density at radius 1 is 1.71 bits per heavy atom. The van der Waals surface area contributed by atoms with Gasteiger partial charge in [0.2, 0.25) is 0 Å². The molecule has 6 nitrogen and oxygen atoms in total. The number of aliphatic hydroxyl groups excluding tert-OH is 1. The topological polar surface area (TPSA) is 78.9 Å². The van der Waals surface area contributed by atoms with Gasteiger partial charge >= 0.3 is 6.03 Å². The first kappa shape index (κ1) is 13.6. The highest BCUT2D eigenvalue weighted by Gasteiger charge is 2.38. The second kappa shape index (κ2) is 6.31. The lowest BCUT2D eigenvalue weighted by atomic mass is 10.2. The molecule has 7 heteroatoms. The standard InChI is InChI=1S/C10H15FN2O4/c1-12-10(16)13(3-2-4-14)9-5-7(11)8(6-15)17-9/h2-4,7-9,15H,5-6H2,1H3,(H,12,16)/b3-2-. The van der Waals surface area contributed by atoms with Crippen molar-refractivity contribution in [2.24, 2.45) is 0 Å². The summed E-state index contributed by atoms with van der Waals surface area (Å²) in [6, 6.07) is -0.515. The highest BCUT2D eigenvalue weighted by atomic mass is 19.1. The number of aliphatic hydroxyl groups is 1. The molecule has 0 aliphatic carbocycles. The molecule has 1 aliphatic rings. The molecule has 1 aliphatic heterocycles. The van der Waals surface area contributed by atoms with Crippen molar-refractivity contribution in [3.8, 4) is 0 Å². The molecular weight excluding hydrogens is 231 g/mol. The van der Waals surface area contributed by atoms with Crippen molar-refractivity contribution in [2.45, 2.75) is 24.9 Å². The van der Waals surface area contributed by atoms with E-state index in [1.54, 1.807) is 0 Å². The average molecular weight is 246 g/mol. The quantitative estimate of drug-likeness (QED) is 0.531. The van der Waals surface area contributed by atoms with Gasteiger partial charge in [-0.3, -0.25) is 9.69 Å². The molecule has 1 rings (SSSR count). The Balaban J connectivity index is 2.74. The third kappa shape index (κ3) is 3.24. The van der Waals surface area contributed by atoms with Crippen molar-refractivity contribution in [1.82, 2.24) is 10.2 Å². The van der Waals surface area contributed by atoms with Crippen molar-refractivity contribution in [3.63, 3.8) is 0 Å². The second-order valence-electron chi connectivity index (χ2n) is 3.50. The lowest BCUT2D eigenvalue weighted by Gasteiger charge is -2.24. The molecular formula is C10H15FN2O4. The summed E-state index contributed by atoms with van der Waals surface area (Å²) in [5.74, 6) is 0. The molecule has 0 aromatic heterocycles. The van der Waals surface area contributed by atoms with Gasteiger partial charge < -0.3 is 15.2 Å². The minimum atomic E-state index is -1.33. The number of rotatable bonds is 4. The molecule has 3 atom stereocenters. The summed E-state index contributed by atoms with van der Waals surface area (Å²) in [6.07, 6.45) is -0.304. The van der Waals surface area contributed by atoms with Gasteiger partial charge in [0.25, 0.3) is 0 Å². The van der Waals surface area contributed by atoms with Crippen molar-refractivity contribution < 1.29 is 23.8 Å². The summed E-state index contributed by atoms with van der Waals surface area (Å²) in [4.78, 5) is 22.8. The second-order valence-corrected chi connectivity index (χ2v) is 3.50. The van der Waals surface area contributed by atoms with Crippen LogP contribution >= 0.6 is 0 Å². The van der Waals surface area contributed by atoms with Crippen LogP contribution < -0.4 is 5.32 Å². The summed E-state index contributed by atoms with van der Waals surface area (Å²) >= 11 is 0. The maximum absolute atomic E-state index is 13.4. The maximum Gasteiger partial charge on any atom is 0.323 e. The van der Waals surface area contributed by atoms with E-state index in [-0.39, 0.29) is 6.42 Å². The van der Waals surface area contributed by atoms with Gasteiger partial charge in [-0.2, -0.15) is 0 Å². The fraction of sp³-hybridized carbons (Fsp3) is 0.600. The van der Waals surface area contributed by atoms with Gasteiger partial charge in [-0.15, -0.1) is 0 Å². The first-order chi connectivity index (χ1) is 8.13. The Hall–Kier alpha value is -1.47. The molecule has 1 heterocycles. The Morgan fingerprint density at radius 2 is 2.41 bits per heavy atom. The SMILES string of the molecule is CNC(=O)N(/C=C\C=O)C1CC(F)C(CO)O1. The number of carbonyl (C=O) groups excluding carboxylic acids is 2. The summed E-state index contributed by atoms with van der Waals surface area (Å²) in [6.45, 7) is -0.448. The zero-order chi connectivity index (χ0) is 12.8.